The Bertz CT molecular complexity index is 392. The van der Waals surface area contributed by atoms with Gasteiger partial charge >= 0.3 is 0 Å². The van der Waals surface area contributed by atoms with Crippen molar-refractivity contribution in [2.45, 2.75) is 26.3 Å². The maximum Gasteiger partial charge on any atom is 0.165 e. The van der Waals surface area contributed by atoms with Gasteiger partial charge in [0.25, 0.3) is 0 Å². The van der Waals surface area contributed by atoms with Crippen molar-refractivity contribution in [1.29, 1.82) is 0 Å². The van der Waals surface area contributed by atoms with Crippen LogP contribution in [0.1, 0.15) is 25.3 Å². The van der Waals surface area contributed by atoms with Crippen LogP contribution in [0.25, 0.3) is 0 Å². The smallest absolute Gasteiger partial charge is 0.165 e. The zero-order valence-corrected chi connectivity index (χ0v) is 11.5. The fraction of sp³-hybridized carbons (Fsp3) is 0.600. The monoisotopic (exact) mass is 267 g/mol. The summed E-state index contributed by atoms with van der Waals surface area (Å²) in [7, 11) is 0. The van der Waals surface area contributed by atoms with Gasteiger partial charge in [0.1, 0.15) is 0 Å². The highest BCUT2D eigenvalue weighted by Gasteiger charge is 2.18. The lowest BCUT2D eigenvalue weighted by Crippen LogP contribution is -2.17. The number of hydrogen-bond acceptors (Lipinski definition) is 3. The summed E-state index contributed by atoms with van der Waals surface area (Å²) < 4.78 is 24.8. The average Bonchev–Trinajstić information content (AvgIpc) is 2.91. The number of halogens is 1. The third-order valence-corrected chi connectivity index (χ3v) is 3.28. The number of nitrogens with one attached hydrogen (secondary N) is 1. The second-order valence-corrected chi connectivity index (χ2v) is 4.95. The van der Waals surface area contributed by atoms with E-state index in [9.17, 15) is 4.39 Å². The van der Waals surface area contributed by atoms with E-state index in [0.29, 0.717) is 24.8 Å². The number of hydrogen-bond donors (Lipinski definition) is 1. The topological polar surface area (TPSA) is 30.5 Å². The molecule has 4 heteroatoms. The second-order valence-electron chi connectivity index (χ2n) is 4.95. The van der Waals surface area contributed by atoms with Crippen LogP contribution in [-0.2, 0) is 11.3 Å². The van der Waals surface area contributed by atoms with E-state index in [0.717, 1.165) is 38.2 Å². The number of benzene rings is 1. The van der Waals surface area contributed by atoms with Gasteiger partial charge < -0.3 is 14.8 Å². The standard InChI is InChI=1S/C15H22FNO2/c1-2-7-17-9-13-4-3-5-14(16)15(13)19-11-12-6-8-18-10-12/h3-5,12,17H,2,6-11H2,1H3. The summed E-state index contributed by atoms with van der Waals surface area (Å²) in [6.07, 6.45) is 2.06. The van der Waals surface area contributed by atoms with Crippen LogP contribution < -0.4 is 10.1 Å². The van der Waals surface area contributed by atoms with E-state index < -0.39 is 0 Å². The van der Waals surface area contributed by atoms with Gasteiger partial charge in [-0.15, -0.1) is 0 Å². The molecule has 1 heterocycles. The van der Waals surface area contributed by atoms with Crippen molar-refractivity contribution in [3.05, 3.63) is 29.6 Å². The van der Waals surface area contributed by atoms with Gasteiger partial charge in [0, 0.05) is 24.6 Å². The van der Waals surface area contributed by atoms with Crippen molar-refractivity contribution in [1.82, 2.24) is 5.32 Å². The molecule has 1 unspecified atom stereocenters. The molecule has 1 saturated heterocycles. The van der Waals surface area contributed by atoms with E-state index in [-0.39, 0.29) is 5.82 Å². The van der Waals surface area contributed by atoms with Crippen LogP contribution in [-0.4, -0.2) is 26.4 Å². The zero-order valence-electron chi connectivity index (χ0n) is 11.5. The minimum Gasteiger partial charge on any atom is -0.490 e. The number of rotatable bonds is 7. The lowest BCUT2D eigenvalue weighted by Gasteiger charge is -2.15. The minimum atomic E-state index is -0.283. The molecule has 1 aliphatic rings. The van der Waals surface area contributed by atoms with Crippen LogP contribution in [0, 0.1) is 11.7 Å². The van der Waals surface area contributed by atoms with E-state index in [1.807, 2.05) is 6.07 Å². The lowest BCUT2D eigenvalue weighted by atomic mass is 10.1. The molecule has 2 rings (SSSR count). The first-order chi connectivity index (χ1) is 9.31. The van der Waals surface area contributed by atoms with Gasteiger partial charge in [-0.3, -0.25) is 0 Å². The number of para-hydroxylation sites is 1. The van der Waals surface area contributed by atoms with Crippen molar-refractivity contribution >= 4 is 0 Å². The van der Waals surface area contributed by atoms with Crippen molar-refractivity contribution in [2.75, 3.05) is 26.4 Å². The van der Waals surface area contributed by atoms with Gasteiger partial charge in [-0.2, -0.15) is 0 Å². The molecule has 0 radical (unpaired) electrons. The normalized spacial score (nSPS) is 18.7. The fourth-order valence-electron chi connectivity index (χ4n) is 2.17. The molecule has 1 aliphatic heterocycles. The molecule has 3 nitrogen and oxygen atoms in total. The Balaban J connectivity index is 1.95. The molecular weight excluding hydrogens is 245 g/mol. The van der Waals surface area contributed by atoms with Gasteiger partial charge in [-0.05, 0) is 25.5 Å². The van der Waals surface area contributed by atoms with Crippen molar-refractivity contribution in [3.8, 4) is 5.75 Å². The first-order valence-corrected chi connectivity index (χ1v) is 7.00. The van der Waals surface area contributed by atoms with Crippen LogP contribution in [0.15, 0.2) is 18.2 Å². The van der Waals surface area contributed by atoms with Crippen molar-refractivity contribution < 1.29 is 13.9 Å². The van der Waals surface area contributed by atoms with Crippen LogP contribution >= 0.6 is 0 Å². The van der Waals surface area contributed by atoms with Crippen LogP contribution in [0.2, 0.25) is 0 Å². The highest BCUT2D eigenvalue weighted by molar-refractivity contribution is 5.34. The third kappa shape index (κ3) is 4.18. The fourth-order valence-corrected chi connectivity index (χ4v) is 2.17. The predicted octanol–water partition coefficient (Wildman–Crippen LogP) is 2.74. The highest BCUT2D eigenvalue weighted by Crippen LogP contribution is 2.24. The Hall–Kier alpha value is -1.13. The van der Waals surface area contributed by atoms with Crippen molar-refractivity contribution in [2.24, 2.45) is 5.92 Å². The molecule has 1 atom stereocenters. The van der Waals surface area contributed by atoms with Gasteiger partial charge in [0.2, 0.25) is 0 Å². The maximum absolute atomic E-state index is 13.8. The summed E-state index contributed by atoms with van der Waals surface area (Å²) in [4.78, 5) is 0. The number of ether oxygens (including phenoxy) is 2. The molecule has 1 aromatic carbocycles. The van der Waals surface area contributed by atoms with E-state index >= 15 is 0 Å². The molecule has 0 aliphatic carbocycles. The van der Waals surface area contributed by atoms with E-state index in [1.165, 1.54) is 6.07 Å². The first kappa shape index (κ1) is 14.3. The van der Waals surface area contributed by atoms with Gasteiger partial charge in [0.15, 0.2) is 11.6 Å². The quantitative estimate of drug-likeness (QED) is 0.771. The third-order valence-electron chi connectivity index (χ3n) is 3.28. The molecule has 0 spiro atoms. The summed E-state index contributed by atoms with van der Waals surface area (Å²) in [6.45, 7) is 5.71. The molecule has 0 bridgehead atoms. The molecule has 0 amide bonds. The average molecular weight is 267 g/mol. The van der Waals surface area contributed by atoms with Gasteiger partial charge in [-0.1, -0.05) is 19.1 Å². The zero-order chi connectivity index (χ0) is 13.5. The summed E-state index contributed by atoms with van der Waals surface area (Å²) in [5.74, 6) is 0.490. The molecule has 0 aromatic heterocycles. The summed E-state index contributed by atoms with van der Waals surface area (Å²) in [6, 6.07) is 5.08. The molecule has 1 fully saturated rings. The Morgan fingerprint density at radius 1 is 1.47 bits per heavy atom. The molecule has 0 saturated carbocycles. The summed E-state index contributed by atoms with van der Waals surface area (Å²) >= 11 is 0. The summed E-state index contributed by atoms with van der Waals surface area (Å²) in [5.41, 5.74) is 0.882. The Morgan fingerprint density at radius 2 is 2.37 bits per heavy atom. The Kier molecular flexibility index (Phi) is 5.61. The van der Waals surface area contributed by atoms with Crippen molar-refractivity contribution in [3.63, 3.8) is 0 Å². The predicted molar refractivity (Wildman–Crippen MR) is 72.8 cm³/mol. The van der Waals surface area contributed by atoms with Gasteiger partial charge in [0.05, 0.1) is 13.2 Å². The summed E-state index contributed by atoms with van der Waals surface area (Å²) in [5, 5.41) is 3.28. The van der Waals surface area contributed by atoms with E-state index in [1.54, 1.807) is 6.07 Å². The Morgan fingerprint density at radius 3 is 3.11 bits per heavy atom. The molecule has 106 valence electrons. The Labute approximate surface area is 114 Å². The first-order valence-electron chi connectivity index (χ1n) is 7.00. The molecule has 1 N–H and O–H groups in total. The van der Waals surface area contributed by atoms with E-state index in [4.69, 9.17) is 9.47 Å². The minimum absolute atomic E-state index is 0.283. The molecular formula is C15H22FNO2. The SMILES string of the molecule is CCCNCc1cccc(F)c1OCC1CCOC1. The van der Waals surface area contributed by atoms with Crippen LogP contribution in [0.3, 0.4) is 0 Å². The van der Waals surface area contributed by atoms with Gasteiger partial charge in [-0.25, -0.2) is 4.39 Å². The lowest BCUT2D eigenvalue weighted by molar-refractivity contribution is 0.165. The second kappa shape index (κ2) is 7.46. The molecule has 1 aromatic rings. The highest BCUT2D eigenvalue weighted by atomic mass is 19.1. The largest absolute Gasteiger partial charge is 0.490 e. The van der Waals surface area contributed by atoms with Crippen LogP contribution in [0.5, 0.6) is 5.75 Å². The maximum atomic E-state index is 13.8. The molecule has 19 heavy (non-hydrogen) atoms. The van der Waals surface area contributed by atoms with Crippen LogP contribution in [0.4, 0.5) is 4.39 Å². The van der Waals surface area contributed by atoms with E-state index in [2.05, 4.69) is 12.2 Å².